The highest BCUT2D eigenvalue weighted by atomic mass is 19.4. The highest BCUT2D eigenvalue weighted by Crippen LogP contribution is 2.31. The quantitative estimate of drug-likeness (QED) is 0.298. The molecule has 2 aromatic heterocycles. The van der Waals surface area contributed by atoms with Gasteiger partial charge in [-0.2, -0.15) is 13.2 Å². The number of likely N-dealkylation sites (tertiary alicyclic amines) is 2. The summed E-state index contributed by atoms with van der Waals surface area (Å²) in [6, 6.07) is 14.4. The molecular weight excluding hydrogens is 529 g/mol. The lowest BCUT2D eigenvalue weighted by atomic mass is 10.0. The van der Waals surface area contributed by atoms with Gasteiger partial charge in [-0.1, -0.05) is 12.1 Å². The second kappa shape index (κ2) is 11.4. The van der Waals surface area contributed by atoms with Crippen molar-refractivity contribution in [1.82, 2.24) is 24.8 Å². The molecule has 4 aromatic rings. The van der Waals surface area contributed by atoms with Crippen LogP contribution in [0.2, 0.25) is 0 Å². The van der Waals surface area contributed by atoms with E-state index >= 15 is 0 Å². The highest BCUT2D eigenvalue weighted by Gasteiger charge is 2.33. The SMILES string of the molecule is O=C(c1cc(NCc2ccc(C(F)(F)F)cc2)nc2ccc(-c3ncccn3)cc12)N1CCC[C@H]1CN1CCCC1. The molecule has 7 nitrogen and oxygen atoms in total. The Bertz CT molecular complexity index is 1520. The van der Waals surface area contributed by atoms with Crippen molar-refractivity contribution in [2.45, 2.75) is 44.4 Å². The van der Waals surface area contributed by atoms with Gasteiger partial charge >= 0.3 is 6.18 Å². The van der Waals surface area contributed by atoms with Crippen molar-refractivity contribution in [3.05, 3.63) is 83.7 Å². The summed E-state index contributed by atoms with van der Waals surface area (Å²) in [5.74, 6) is 1.01. The maximum absolute atomic E-state index is 14.2. The van der Waals surface area contributed by atoms with Crippen molar-refractivity contribution < 1.29 is 18.0 Å². The Morgan fingerprint density at radius 1 is 0.951 bits per heavy atom. The van der Waals surface area contributed by atoms with Crippen LogP contribution in [0.25, 0.3) is 22.3 Å². The molecule has 0 aliphatic carbocycles. The van der Waals surface area contributed by atoms with Gasteiger partial charge in [-0.3, -0.25) is 4.79 Å². The fraction of sp³-hybridized carbons (Fsp3) is 0.355. The molecule has 4 heterocycles. The molecule has 2 aromatic carbocycles. The third-order valence-corrected chi connectivity index (χ3v) is 7.92. The van der Waals surface area contributed by atoms with Gasteiger partial charge in [0.15, 0.2) is 5.82 Å². The molecule has 1 amide bonds. The number of nitrogens with zero attached hydrogens (tertiary/aromatic N) is 5. The minimum Gasteiger partial charge on any atom is -0.366 e. The Balaban J connectivity index is 1.32. The zero-order chi connectivity index (χ0) is 28.4. The molecule has 0 radical (unpaired) electrons. The van der Waals surface area contributed by atoms with Crippen LogP contribution in [0, 0.1) is 0 Å². The van der Waals surface area contributed by atoms with Gasteiger partial charge in [-0.25, -0.2) is 15.0 Å². The molecule has 0 unspecified atom stereocenters. The van der Waals surface area contributed by atoms with Crippen LogP contribution < -0.4 is 5.32 Å². The van der Waals surface area contributed by atoms with Gasteiger partial charge in [-0.15, -0.1) is 0 Å². The van der Waals surface area contributed by atoms with E-state index < -0.39 is 11.7 Å². The third-order valence-electron chi connectivity index (χ3n) is 7.92. The molecule has 212 valence electrons. The maximum Gasteiger partial charge on any atom is 0.416 e. The van der Waals surface area contributed by atoms with Gasteiger partial charge < -0.3 is 15.1 Å². The molecule has 2 aliphatic rings. The molecule has 1 N–H and O–H groups in total. The molecule has 0 spiro atoms. The second-order valence-corrected chi connectivity index (χ2v) is 10.7. The highest BCUT2D eigenvalue weighted by molar-refractivity contribution is 6.08. The van der Waals surface area contributed by atoms with Crippen LogP contribution in [-0.4, -0.2) is 62.9 Å². The number of alkyl halides is 3. The zero-order valence-corrected chi connectivity index (χ0v) is 22.6. The number of amides is 1. The lowest BCUT2D eigenvalue weighted by Crippen LogP contribution is -2.42. The van der Waals surface area contributed by atoms with E-state index in [0.717, 1.165) is 50.2 Å². The van der Waals surface area contributed by atoms with Crippen LogP contribution in [-0.2, 0) is 12.7 Å². The average molecular weight is 561 g/mol. The van der Waals surface area contributed by atoms with Gasteiger partial charge in [0.05, 0.1) is 16.6 Å². The Morgan fingerprint density at radius 3 is 2.44 bits per heavy atom. The fourth-order valence-electron chi connectivity index (χ4n) is 5.80. The van der Waals surface area contributed by atoms with E-state index in [-0.39, 0.29) is 18.5 Å². The molecule has 0 bridgehead atoms. The minimum atomic E-state index is -4.38. The van der Waals surface area contributed by atoms with Gasteiger partial charge in [0.1, 0.15) is 5.82 Å². The average Bonchev–Trinajstić information content (AvgIpc) is 3.68. The number of hydrogen-bond acceptors (Lipinski definition) is 6. The van der Waals surface area contributed by atoms with Crippen LogP contribution in [0.3, 0.4) is 0 Å². The zero-order valence-electron chi connectivity index (χ0n) is 22.6. The lowest BCUT2D eigenvalue weighted by Gasteiger charge is -2.29. The van der Waals surface area contributed by atoms with Crippen molar-refractivity contribution in [3.8, 4) is 11.4 Å². The molecule has 6 rings (SSSR count). The first kappa shape index (κ1) is 27.1. The molecule has 2 aliphatic heterocycles. The molecule has 1 atom stereocenters. The summed E-state index contributed by atoms with van der Waals surface area (Å²) < 4.78 is 38.9. The number of aromatic nitrogens is 3. The first-order valence-corrected chi connectivity index (χ1v) is 14.0. The summed E-state index contributed by atoms with van der Waals surface area (Å²) in [7, 11) is 0. The Hall–Kier alpha value is -4.05. The lowest BCUT2D eigenvalue weighted by molar-refractivity contribution is -0.137. The fourth-order valence-corrected chi connectivity index (χ4v) is 5.80. The predicted octanol–water partition coefficient (Wildman–Crippen LogP) is 6.02. The first-order valence-electron chi connectivity index (χ1n) is 14.0. The Kier molecular flexibility index (Phi) is 7.57. The van der Waals surface area contributed by atoms with Crippen molar-refractivity contribution in [3.63, 3.8) is 0 Å². The number of halogens is 3. The van der Waals surface area contributed by atoms with Crippen LogP contribution in [0.4, 0.5) is 19.0 Å². The Morgan fingerprint density at radius 2 is 1.71 bits per heavy atom. The van der Waals surface area contributed by atoms with E-state index in [0.29, 0.717) is 40.2 Å². The van der Waals surface area contributed by atoms with Crippen LogP contribution in [0.15, 0.2) is 67.0 Å². The van der Waals surface area contributed by atoms with Gasteiger partial charge in [0.25, 0.3) is 5.91 Å². The summed E-state index contributed by atoms with van der Waals surface area (Å²) >= 11 is 0. The number of benzene rings is 2. The standard InChI is InChI=1S/C31H31F3N6O/c32-31(33,34)23-9-6-21(7-10-23)19-37-28-18-26(30(41)40-16-3-5-24(40)20-39-14-1-2-15-39)25-17-22(8-11-27(25)38-28)29-35-12-4-13-36-29/h4,6-13,17-18,24H,1-3,5,14-16,19-20H2,(H,37,38)/t24-/m0/s1. The van der Waals surface area contributed by atoms with Crippen LogP contribution >= 0.6 is 0 Å². The summed E-state index contributed by atoms with van der Waals surface area (Å²) in [6.45, 7) is 4.01. The molecular formula is C31H31F3N6O. The Labute approximate surface area is 236 Å². The van der Waals surface area contributed by atoms with E-state index in [4.69, 9.17) is 4.98 Å². The maximum atomic E-state index is 14.2. The van der Waals surface area contributed by atoms with E-state index in [9.17, 15) is 18.0 Å². The molecule has 10 heteroatoms. The monoisotopic (exact) mass is 560 g/mol. The second-order valence-electron chi connectivity index (χ2n) is 10.7. The molecule has 0 saturated carbocycles. The van der Waals surface area contributed by atoms with Crippen molar-refractivity contribution >= 4 is 22.6 Å². The van der Waals surface area contributed by atoms with Crippen LogP contribution in [0.1, 0.15) is 47.2 Å². The number of anilines is 1. The summed E-state index contributed by atoms with van der Waals surface area (Å²) in [5, 5.41) is 3.93. The van der Waals surface area contributed by atoms with Crippen LogP contribution in [0.5, 0.6) is 0 Å². The number of pyridine rings is 1. The number of rotatable bonds is 7. The first-order chi connectivity index (χ1) is 19.8. The van der Waals surface area contributed by atoms with Gasteiger partial charge in [0, 0.05) is 49.0 Å². The summed E-state index contributed by atoms with van der Waals surface area (Å²) in [5.41, 5.74) is 1.95. The smallest absolute Gasteiger partial charge is 0.366 e. The molecule has 41 heavy (non-hydrogen) atoms. The summed E-state index contributed by atoms with van der Waals surface area (Å²) in [6.07, 6.45) is 3.33. The number of fused-ring (bicyclic) bond motifs is 1. The number of carbonyl (C=O) groups excluding carboxylic acids is 1. The number of nitrogens with one attached hydrogen (secondary N) is 1. The minimum absolute atomic E-state index is 0.0391. The largest absolute Gasteiger partial charge is 0.416 e. The van der Waals surface area contributed by atoms with E-state index in [2.05, 4.69) is 20.2 Å². The third kappa shape index (κ3) is 6.02. The van der Waals surface area contributed by atoms with Crippen molar-refractivity contribution in [1.29, 1.82) is 0 Å². The molecule has 2 saturated heterocycles. The van der Waals surface area contributed by atoms with Gasteiger partial charge in [0.2, 0.25) is 0 Å². The van der Waals surface area contributed by atoms with Crippen molar-refractivity contribution in [2.24, 2.45) is 0 Å². The van der Waals surface area contributed by atoms with E-state index in [1.165, 1.54) is 25.0 Å². The van der Waals surface area contributed by atoms with E-state index in [1.807, 2.05) is 23.1 Å². The van der Waals surface area contributed by atoms with E-state index in [1.54, 1.807) is 24.5 Å². The van der Waals surface area contributed by atoms with Crippen molar-refractivity contribution in [2.75, 3.05) is 31.5 Å². The topological polar surface area (TPSA) is 74.2 Å². The number of carbonyl (C=O) groups is 1. The van der Waals surface area contributed by atoms with Gasteiger partial charge in [-0.05, 0) is 86.8 Å². The summed E-state index contributed by atoms with van der Waals surface area (Å²) in [4.78, 5) is 32.1. The normalized spacial score (nSPS) is 17.8. The molecule has 2 fully saturated rings. The number of hydrogen-bond donors (Lipinski definition) is 1. The predicted molar refractivity (Wildman–Crippen MR) is 151 cm³/mol.